The van der Waals surface area contributed by atoms with Gasteiger partial charge in [0.05, 0.1) is 15.7 Å². The number of para-hydroxylation sites is 1. The standard InChI is InChI=1S/C15H11Cl2N5O3S/c16-10-7-4-8-11(17)12(10)21-26(24,25)14-19-15(18,22-20-14)13(23)9-5-2-1-3-6-9/h1-8,21H,18H2. The summed E-state index contributed by atoms with van der Waals surface area (Å²) in [6, 6.07) is 12.5. The van der Waals surface area contributed by atoms with E-state index in [9.17, 15) is 13.2 Å². The predicted octanol–water partition coefficient (Wildman–Crippen LogP) is 3.05. The van der Waals surface area contributed by atoms with E-state index in [1.807, 2.05) is 0 Å². The van der Waals surface area contributed by atoms with Crippen molar-refractivity contribution in [1.29, 1.82) is 0 Å². The number of halogens is 2. The highest BCUT2D eigenvalue weighted by molar-refractivity contribution is 8.07. The number of rotatable bonds is 4. The normalized spacial score (nSPS) is 19.3. The number of carbonyl (C=O) groups is 1. The van der Waals surface area contributed by atoms with Crippen molar-refractivity contribution in [3.05, 3.63) is 64.1 Å². The lowest BCUT2D eigenvalue weighted by molar-refractivity contribution is 0.0899. The zero-order chi connectivity index (χ0) is 18.9. The second-order valence-electron chi connectivity index (χ2n) is 5.22. The van der Waals surface area contributed by atoms with Crippen molar-refractivity contribution in [2.75, 3.05) is 4.72 Å². The Morgan fingerprint density at radius 2 is 1.65 bits per heavy atom. The van der Waals surface area contributed by atoms with Crippen LogP contribution in [0.5, 0.6) is 0 Å². The summed E-state index contributed by atoms with van der Waals surface area (Å²) in [6.07, 6.45) is 0. The number of anilines is 1. The molecule has 0 fully saturated rings. The molecule has 0 aliphatic carbocycles. The van der Waals surface area contributed by atoms with Gasteiger partial charge in [0.25, 0.3) is 21.0 Å². The molecule has 3 N–H and O–H groups in total. The first-order chi connectivity index (χ1) is 12.2. The minimum absolute atomic E-state index is 0.0439. The number of nitrogens with zero attached hydrogens (tertiary/aromatic N) is 3. The van der Waals surface area contributed by atoms with Gasteiger partial charge in [0.15, 0.2) is 0 Å². The third-order valence-electron chi connectivity index (χ3n) is 3.36. The molecule has 3 rings (SSSR count). The second-order valence-corrected chi connectivity index (χ2v) is 7.61. The van der Waals surface area contributed by atoms with E-state index in [1.165, 1.54) is 24.3 Å². The Labute approximate surface area is 158 Å². The number of amidine groups is 1. The van der Waals surface area contributed by atoms with Crippen LogP contribution in [-0.2, 0) is 10.0 Å². The van der Waals surface area contributed by atoms with E-state index in [0.29, 0.717) is 0 Å². The summed E-state index contributed by atoms with van der Waals surface area (Å²) in [6.45, 7) is 0. The molecule has 2 aromatic rings. The Morgan fingerprint density at radius 3 is 2.27 bits per heavy atom. The smallest absolute Gasteiger partial charge is 0.287 e. The van der Waals surface area contributed by atoms with Gasteiger partial charge in [-0.15, -0.1) is 10.2 Å². The number of nitrogens with two attached hydrogens (primary N) is 1. The van der Waals surface area contributed by atoms with Crippen LogP contribution >= 0.6 is 23.2 Å². The fraction of sp³-hybridized carbons (Fsp3) is 0.0667. The molecule has 1 aliphatic rings. The zero-order valence-corrected chi connectivity index (χ0v) is 15.3. The highest BCUT2D eigenvalue weighted by Gasteiger charge is 2.41. The first-order valence-electron chi connectivity index (χ1n) is 7.11. The Bertz CT molecular complexity index is 1020. The van der Waals surface area contributed by atoms with Gasteiger partial charge in [-0.05, 0) is 12.1 Å². The van der Waals surface area contributed by atoms with E-state index < -0.39 is 26.8 Å². The molecule has 0 saturated carbocycles. The summed E-state index contributed by atoms with van der Waals surface area (Å²) in [7, 11) is -4.31. The van der Waals surface area contributed by atoms with Crippen molar-refractivity contribution >= 4 is 49.9 Å². The van der Waals surface area contributed by atoms with Crippen molar-refractivity contribution in [3.8, 4) is 0 Å². The van der Waals surface area contributed by atoms with Gasteiger partial charge < -0.3 is 0 Å². The molecule has 134 valence electrons. The molecule has 1 heterocycles. The fourth-order valence-electron chi connectivity index (χ4n) is 2.10. The van der Waals surface area contributed by atoms with Crippen LogP contribution in [0.4, 0.5) is 5.69 Å². The van der Waals surface area contributed by atoms with E-state index in [1.54, 1.807) is 24.3 Å². The molecule has 0 bridgehead atoms. The average molecular weight is 412 g/mol. The lowest BCUT2D eigenvalue weighted by Crippen LogP contribution is -2.43. The summed E-state index contributed by atoms with van der Waals surface area (Å²) in [5.41, 5.74) is 6.01. The number of benzene rings is 2. The Morgan fingerprint density at radius 1 is 1.04 bits per heavy atom. The van der Waals surface area contributed by atoms with Gasteiger partial charge in [-0.3, -0.25) is 15.3 Å². The lowest BCUT2D eigenvalue weighted by atomic mass is 10.1. The minimum Gasteiger partial charge on any atom is -0.287 e. The average Bonchev–Trinajstić information content (AvgIpc) is 3.03. The molecule has 1 atom stereocenters. The number of ketones is 1. The highest BCUT2D eigenvalue weighted by Crippen LogP contribution is 2.31. The summed E-state index contributed by atoms with van der Waals surface area (Å²) in [5.74, 6) is -2.85. The molecule has 0 saturated heterocycles. The number of sulfonamides is 1. The minimum atomic E-state index is -4.31. The molecule has 2 aromatic carbocycles. The summed E-state index contributed by atoms with van der Waals surface area (Å²) in [5, 5.41) is 6.41. The monoisotopic (exact) mass is 411 g/mol. The van der Waals surface area contributed by atoms with Crippen molar-refractivity contribution < 1.29 is 13.2 Å². The first kappa shape index (κ1) is 18.5. The maximum atomic E-state index is 12.5. The summed E-state index contributed by atoms with van der Waals surface area (Å²) in [4.78, 5) is 16.2. The molecule has 0 spiro atoms. The molecule has 0 amide bonds. The molecule has 11 heteroatoms. The Kier molecular flexibility index (Phi) is 4.80. The third kappa shape index (κ3) is 3.47. The lowest BCUT2D eigenvalue weighted by Gasteiger charge is -2.13. The van der Waals surface area contributed by atoms with Crippen LogP contribution in [0, 0.1) is 0 Å². The maximum Gasteiger partial charge on any atom is 0.299 e. The van der Waals surface area contributed by atoms with E-state index in [-0.39, 0.29) is 21.3 Å². The van der Waals surface area contributed by atoms with Crippen molar-refractivity contribution in [1.82, 2.24) is 0 Å². The molecule has 0 radical (unpaired) electrons. The van der Waals surface area contributed by atoms with Gasteiger partial charge in [-0.25, -0.2) is 0 Å². The molecule has 26 heavy (non-hydrogen) atoms. The second kappa shape index (κ2) is 6.76. The largest absolute Gasteiger partial charge is 0.299 e. The van der Waals surface area contributed by atoms with Gasteiger partial charge >= 0.3 is 0 Å². The molecule has 0 aromatic heterocycles. The van der Waals surface area contributed by atoms with Gasteiger partial charge in [-0.1, -0.05) is 59.6 Å². The van der Waals surface area contributed by atoms with Gasteiger partial charge in [-0.2, -0.15) is 13.4 Å². The van der Waals surface area contributed by atoms with Crippen LogP contribution in [0.2, 0.25) is 10.0 Å². The Hall–Kier alpha value is -2.33. The van der Waals surface area contributed by atoms with Crippen LogP contribution in [0.25, 0.3) is 0 Å². The fourth-order valence-corrected chi connectivity index (χ4v) is 3.69. The van der Waals surface area contributed by atoms with Crippen LogP contribution in [0.15, 0.2) is 63.8 Å². The number of hydrogen-bond donors (Lipinski definition) is 2. The predicted molar refractivity (Wildman–Crippen MR) is 99.0 cm³/mol. The molecular weight excluding hydrogens is 401 g/mol. The van der Waals surface area contributed by atoms with Gasteiger partial charge in [0.1, 0.15) is 0 Å². The van der Waals surface area contributed by atoms with Crippen molar-refractivity contribution in [2.45, 2.75) is 5.79 Å². The van der Waals surface area contributed by atoms with Gasteiger partial charge in [0, 0.05) is 5.56 Å². The van der Waals surface area contributed by atoms with Crippen LogP contribution in [0.1, 0.15) is 10.4 Å². The molecule has 1 aliphatic heterocycles. The number of hydrogen-bond acceptors (Lipinski definition) is 7. The zero-order valence-electron chi connectivity index (χ0n) is 12.9. The van der Waals surface area contributed by atoms with Crippen LogP contribution < -0.4 is 10.5 Å². The van der Waals surface area contributed by atoms with E-state index in [2.05, 4.69) is 19.9 Å². The van der Waals surface area contributed by atoms with Crippen molar-refractivity contribution in [3.63, 3.8) is 0 Å². The number of carbonyl (C=O) groups excluding carboxylic acids is 1. The Balaban J connectivity index is 1.92. The molecule has 8 nitrogen and oxygen atoms in total. The van der Waals surface area contributed by atoms with Crippen LogP contribution in [0.3, 0.4) is 0 Å². The van der Waals surface area contributed by atoms with Crippen LogP contribution in [-0.4, -0.2) is 25.2 Å². The van der Waals surface area contributed by atoms with Crippen molar-refractivity contribution in [2.24, 2.45) is 21.0 Å². The number of aliphatic imine (C=N–C) groups is 1. The van der Waals surface area contributed by atoms with Gasteiger partial charge in [0.2, 0.25) is 5.78 Å². The summed E-state index contributed by atoms with van der Waals surface area (Å²) < 4.78 is 27.1. The molecular formula is C15H11Cl2N5O3S. The van der Waals surface area contributed by atoms with E-state index >= 15 is 0 Å². The first-order valence-corrected chi connectivity index (χ1v) is 9.35. The topological polar surface area (TPSA) is 126 Å². The SMILES string of the molecule is NC1(C(=O)c2ccccc2)N=NC(S(=O)(=O)Nc2c(Cl)cccc2Cl)=N1. The third-order valence-corrected chi connectivity index (χ3v) is 5.12. The summed E-state index contributed by atoms with van der Waals surface area (Å²) >= 11 is 11.9. The van der Waals surface area contributed by atoms with E-state index in [4.69, 9.17) is 28.9 Å². The van der Waals surface area contributed by atoms with E-state index in [0.717, 1.165) is 0 Å². The molecule has 1 unspecified atom stereocenters. The maximum absolute atomic E-state index is 12.5. The number of azo groups is 1. The number of Topliss-reactive ketones (excluding diaryl/α,β-unsaturated/α-hetero) is 1. The highest BCUT2D eigenvalue weighted by atomic mass is 35.5. The number of nitrogens with one attached hydrogen (secondary N) is 1. The quantitative estimate of drug-likeness (QED) is 0.749.